The van der Waals surface area contributed by atoms with Gasteiger partial charge < -0.3 is 9.52 Å². The van der Waals surface area contributed by atoms with Crippen LogP contribution in [-0.2, 0) is 11.2 Å². The lowest BCUT2D eigenvalue weighted by Gasteiger charge is -2.37. The number of hydrogen-bond donors (Lipinski definition) is 1. The van der Waals surface area contributed by atoms with E-state index >= 15 is 0 Å². The molecule has 0 aromatic carbocycles. The Labute approximate surface area is 76.4 Å². The smallest absolute Gasteiger partial charge is 0.309 e. The van der Waals surface area contributed by atoms with E-state index in [9.17, 15) is 4.79 Å². The molecule has 0 saturated heterocycles. The summed E-state index contributed by atoms with van der Waals surface area (Å²) in [5.74, 6) is -0.667. The molecule has 1 aliphatic rings. The molecule has 1 saturated carbocycles. The predicted molar refractivity (Wildman–Crippen MR) is 46.3 cm³/mol. The summed E-state index contributed by atoms with van der Waals surface area (Å²) in [5.41, 5.74) is 0.492. The van der Waals surface area contributed by atoms with Crippen LogP contribution in [0.5, 0.6) is 0 Å². The monoisotopic (exact) mass is 180 g/mol. The summed E-state index contributed by atoms with van der Waals surface area (Å²) < 4.78 is 4.92. The molecule has 3 nitrogen and oxygen atoms in total. The molecule has 1 aromatic rings. The number of hydrogen-bond acceptors (Lipinski definition) is 2. The van der Waals surface area contributed by atoms with Gasteiger partial charge in [-0.3, -0.25) is 4.79 Å². The first-order valence-electron chi connectivity index (χ1n) is 4.47. The van der Waals surface area contributed by atoms with Crippen LogP contribution in [0.3, 0.4) is 0 Å². The quantitative estimate of drug-likeness (QED) is 0.774. The summed E-state index contributed by atoms with van der Waals surface area (Å²) in [6.07, 6.45) is 6.45. The van der Waals surface area contributed by atoms with Crippen LogP contribution >= 0.6 is 0 Å². The highest BCUT2D eigenvalue weighted by molar-refractivity contribution is 5.76. The maximum Gasteiger partial charge on any atom is 0.309 e. The van der Waals surface area contributed by atoms with Crippen molar-refractivity contribution in [1.29, 1.82) is 0 Å². The molecule has 1 fully saturated rings. The Morgan fingerprint density at radius 3 is 2.77 bits per heavy atom. The second-order valence-electron chi connectivity index (χ2n) is 3.75. The molecule has 0 radical (unpaired) electrons. The molecule has 13 heavy (non-hydrogen) atoms. The largest absolute Gasteiger partial charge is 0.481 e. The zero-order valence-corrected chi connectivity index (χ0v) is 7.32. The third-order valence-corrected chi connectivity index (χ3v) is 2.89. The average Bonchev–Trinajstić information content (AvgIpc) is 2.47. The summed E-state index contributed by atoms with van der Waals surface area (Å²) in [6.45, 7) is 0. The van der Waals surface area contributed by atoms with Crippen molar-refractivity contribution in [2.45, 2.75) is 25.7 Å². The Hall–Kier alpha value is -1.25. The molecule has 2 rings (SSSR count). The summed E-state index contributed by atoms with van der Waals surface area (Å²) in [4.78, 5) is 11.0. The summed E-state index contributed by atoms with van der Waals surface area (Å²) in [5, 5.41) is 9.05. The maximum atomic E-state index is 11.0. The van der Waals surface area contributed by atoms with Crippen LogP contribution in [0.15, 0.2) is 23.0 Å². The first-order chi connectivity index (χ1) is 6.23. The molecule has 0 bridgehead atoms. The van der Waals surface area contributed by atoms with E-state index in [1.54, 1.807) is 12.5 Å². The van der Waals surface area contributed by atoms with E-state index in [4.69, 9.17) is 9.52 Å². The molecule has 0 unspecified atom stereocenters. The van der Waals surface area contributed by atoms with Gasteiger partial charge in [-0.15, -0.1) is 0 Å². The zero-order valence-electron chi connectivity index (χ0n) is 7.32. The van der Waals surface area contributed by atoms with Gasteiger partial charge in [0.15, 0.2) is 0 Å². The fourth-order valence-electron chi connectivity index (χ4n) is 1.85. The first kappa shape index (κ1) is 8.35. The highest BCUT2D eigenvalue weighted by Crippen LogP contribution is 2.43. The van der Waals surface area contributed by atoms with Crippen molar-refractivity contribution in [2.75, 3.05) is 0 Å². The van der Waals surface area contributed by atoms with Gasteiger partial charge in [-0.1, -0.05) is 6.42 Å². The van der Waals surface area contributed by atoms with Crippen molar-refractivity contribution < 1.29 is 14.3 Å². The molecule has 0 aliphatic heterocycles. The topological polar surface area (TPSA) is 50.4 Å². The minimum atomic E-state index is -0.667. The lowest BCUT2D eigenvalue weighted by Crippen LogP contribution is -2.39. The van der Waals surface area contributed by atoms with Crippen LogP contribution < -0.4 is 0 Å². The molecular formula is C10H12O3. The number of carbonyl (C=O) groups is 1. The number of aliphatic carboxylic acids is 1. The Morgan fingerprint density at radius 2 is 2.38 bits per heavy atom. The van der Waals surface area contributed by atoms with E-state index in [1.807, 2.05) is 6.07 Å². The summed E-state index contributed by atoms with van der Waals surface area (Å²) >= 11 is 0. The second kappa shape index (κ2) is 2.91. The van der Waals surface area contributed by atoms with Crippen molar-refractivity contribution in [2.24, 2.45) is 5.41 Å². The lowest BCUT2D eigenvalue weighted by molar-refractivity contribution is -0.154. The Morgan fingerprint density at radius 1 is 1.62 bits per heavy atom. The SMILES string of the molecule is O=C(O)C1(Cc2ccoc2)CCC1. The van der Waals surface area contributed by atoms with E-state index in [0.717, 1.165) is 24.8 Å². The van der Waals surface area contributed by atoms with Crippen LogP contribution in [0.4, 0.5) is 0 Å². The Bertz CT molecular complexity index is 296. The van der Waals surface area contributed by atoms with Crippen molar-refractivity contribution in [3.63, 3.8) is 0 Å². The van der Waals surface area contributed by atoms with Crippen molar-refractivity contribution in [1.82, 2.24) is 0 Å². The molecular weight excluding hydrogens is 168 g/mol. The van der Waals surface area contributed by atoms with Gasteiger partial charge in [0.25, 0.3) is 0 Å². The maximum absolute atomic E-state index is 11.0. The minimum absolute atomic E-state index is 0.496. The standard InChI is InChI=1S/C10H12O3/c11-9(12)10(3-1-4-10)6-8-2-5-13-7-8/h2,5,7H,1,3-4,6H2,(H,11,12). The van der Waals surface area contributed by atoms with Gasteiger partial charge in [0.05, 0.1) is 17.9 Å². The molecule has 1 N–H and O–H groups in total. The Kier molecular flexibility index (Phi) is 1.87. The van der Waals surface area contributed by atoms with E-state index < -0.39 is 11.4 Å². The molecule has 3 heteroatoms. The summed E-state index contributed by atoms with van der Waals surface area (Å²) in [7, 11) is 0. The first-order valence-corrected chi connectivity index (χ1v) is 4.47. The average molecular weight is 180 g/mol. The number of furan rings is 1. The van der Waals surface area contributed by atoms with Gasteiger partial charge in [-0.05, 0) is 30.9 Å². The number of carboxylic acids is 1. The third-order valence-electron chi connectivity index (χ3n) is 2.89. The third kappa shape index (κ3) is 1.34. The molecule has 1 aromatic heterocycles. The highest BCUT2D eigenvalue weighted by Gasteiger charge is 2.44. The van der Waals surface area contributed by atoms with Gasteiger partial charge in [0.1, 0.15) is 0 Å². The lowest BCUT2D eigenvalue weighted by atomic mass is 9.66. The van der Waals surface area contributed by atoms with Crippen molar-refractivity contribution in [3.05, 3.63) is 24.2 Å². The van der Waals surface area contributed by atoms with Crippen LogP contribution in [-0.4, -0.2) is 11.1 Å². The molecule has 1 aliphatic carbocycles. The van der Waals surface area contributed by atoms with E-state index in [0.29, 0.717) is 6.42 Å². The van der Waals surface area contributed by atoms with E-state index in [2.05, 4.69) is 0 Å². The molecule has 0 atom stereocenters. The van der Waals surface area contributed by atoms with E-state index in [1.165, 1.54) is 0 Å². The Balaban J connectivity index is 2.11. The van der Waals surface area contributed by atoms with Gasteiger partial charge >= 0.3 is 5.97 Å². The van der Waals surface area contributed by atoms with Gasteiger partial charge in [-0.25, -0.2) is 0 Å². The van der Waals surface area contributed by atoms with Crippen LogP contribution in [0, 0.1) is 5.41 Å². The van der Waals surface area contributed by atoms with E-state index in [-0.39, 0.29) is 0 Å². The fourth-order valence-corrected chi connectivity index (χ4v) is 1.85. The predicted octanol–water partition coefficient (Wildman–Crippen LogP) is 2.08. The van der Waals surface area contributed by atoms with Crippen LogP contribution in [0.25, 0.3) is 0 Å². The zero-order chi connectivity index (χ0) is 9.31. The normalized spacial score (nSPS) is 19.4. The molecule has 0 amide bonds. The minimum Gasteiger partial charge on any atom is -0.481 e. The van der Waals surface area contributed by atoms with Crippen molar-refractivity contribution in [3.8, 4) is 0 Å². The van der Waals surface area contributed by atoms with Crippen molar-refractivity contribution >= 4 is 5.97 Å². The highest BCUT2D eigenvalue weighted by atomic mass is 16.4. The number of carboxylic acid groups (broad SMARTS) is 1. The molecule has 1 heterocycles. The summed E-state index contributed by atoms with van der Waals surface area (Å²) in [6, 6.07) is 1.84. The van der Waals surface area contributed by atoms with Crippen LogP contribution in [0.2, 0.25) is 0 Å². The second-order valence-corrected chi connectivity index (χ2v) is 3.75. The molecule has 0 spiro atoms. The van der Waals surface area contributed by atoms with Crippen LogP contribution in [0.1, 0.15) is 24.8 Å². The van der Waals surface area contributed by atoms with Gasteiger partial charge in [-0.2, -0.15) is 0 Å². The van der Waals surface area contributed by atoms with Gasteiger partial charge in [0, 0.05) is 0 Å². The molecule has 70 valence electrons. The fraction of sp³-hybridized carbons (Fsp3) is 0.500. The number of rotatable bonds is 3. The van der Waals surface area contributed by atoms with Gasteiger partial charge in [0.2, 0.25) is 0 Å².